The van der Waals surface area contributed by atoms with Crippen LogP contribution in [0.1, 0.15) is 23.6 Å². The molecule has 0 aliphatic heterocycles. The lowest BCUT2D eigenvalue weighted by molar-refractivity contribution is 0.948. The van der Waals surface area contributed by atoms with Gasteiger partial charge in [0, 0.05) is 12.2 Å². The fourth-order valence-corrected chi connectivity index (χ4v) is 2.41. The molecule has 0 aliphatic carbocycles. The second-order valence-electron chi connectivity index (χ2n) is 5.68. The van der Waals surface area contributed by atoms with E-state index in [1.54, 1.807) is 6.20 Å². The highest BCUT2D eigenvalue weighted by Gasteiger charge is 2.02. The number of rotatable bonds is 6. The van der Waals surface area contributed by atoms with E-state index in [4.69, 9.17) is 0 Å². The monoisotopic (exact) mass is 319 g/mol. The maximum absolute atomic E-state index is 4.45. The van der Waals surface area contributed by atoms with Crippen LogP contribution in [0.4, 0.5) is 17.5 Å². The Morgan fingerprint density at radius 1 is 1.00 bits per heavy atom. The Morgan fingerprint density at radius 2 is 1.83 bits per heavy atom. The molecule has 0 amide bonds. The summed E-state index contributed by atoms with van der Waals surface area (Å²) in [5.74, 6) is 1.17. The van der Waals surface area contributed by atoms with E-state index in [1.807, 2.05) is 18.2 Å². The molecular formula is C19H21N5. The standard InChI is InChI=1S/C19H21N5/c1-3-15-7-9-17(10-8-15)22-18-13-21-24-19(23-18)20-12-16-6-4-5-14(2)11-16/h4-11,13H,3,12H2,1-2H3,(H2,20,22,23,24). The fraction of sp³-hybridized carbons (Fsp3) is 0.211. The van der Waals surface area contributed by atoms with Crippen LogP contribution in [0.25, 0.3) is 0 Å². The molecule has 0 saturated heterocycles. The van der Waals surface area contributed by atoms with Crippen LogP contribution in [-0.2, 0) is 13.0 Å². The predicted octanol–water partition coefficient (Wildman–Crippen LogP) is 4.10. The van der Waals surface area contributed by atoms with Crippen LogP contribution in [0.5, 0.6) is 0 Å². The summed E-state index contributed by atoms with van der Waals surface area (Å²) in [7, 11) is 0. The van der Waals surface area contributed by atoms with Gasteiger partial charge < -0.3 is 10.6 Å². The van der Waals surface area contributed by atoms with Crippen LogP contribution < -0.4 is 10.6 Å². The first kappa shape index (κ1) is 15.9. The van der Waals surface area contributed by atoms with Crippen LogP contribution in [0.3, 0.4) is 0 Å². The van der Waals surface area contributed by atoms with Crippen LogP contribution in [0, 0.1) is 6.92 Å². The van der Waals surface area contributed by atoms with Crippen molar-refractivity contribution in [2.24, 2.45) is 0 Å². The Bertz CT molecular complexity index is 799. The average Bonchev–Trinajstić information content (AvgIpc) is 2.61. The lowest BCUT2D eigenvalue weighted by Gasteiger charge is -2.08. The molecule has 0 radical (unpaired) electrons. The summed E-state index contributed by atoms with van der Waals surface area (Å²) in [6, 6.07) is 16.6. The second-order valence-corrected chi connectivity index (χ2v) is 5.68. The van der Waals surface area contributed by atoms with E-state index in [0.29, 0.717) is 18.3 Å². The number of hydrogen-bond acceptors (Lipinski definition) is 5. The summed E-state index contributed by atoms with van der Waals surface area (Å²) < 4.78 is 0. The summed E-state index contributed by atoms with van der Waals surface area (Å²) >= 11 is 0. The van der Waals surface area contributed by atoms with E-state index in [-0.39, 0.29) is 0 Å². The topological polar surface area (TPSA) is 62.7 Å². The summed E-state index contributed by atoms with van der Waals surface area (Å²) in [4.78, 5) is 4.45. The van der Waals surface area contributed by atoms with Crippen LogP contribution in [-0.4, -0.2) is 15.2 Å². The average molecular weight is 319 g/mol. The minimum absolute atomic E-state index is 0.506. The van der Waals surface area contributed by atoms with Crippen molar-refractivity contribution in [2.45, 2.75) is 26.8 Å². The van der Waals surface area contributed by atoms with Crippen molar-refractivity contribution in [3.8, 4) is 0 Å². The van der Waals surface area contributed by atoms with Gasteiger partial charge in [-0.25, -0.2) is 0 Å². The molecular weight excluding hydrogens is 298 g/mol. The van der Waals surface area contributed by atoms with E-state index in [1.165, 1.54) is 16.7 Å². The predicted molar refractivity (Wildman–Crippen MR) is 97.4 cm³/mol. The Balaban J connectivity index is 1.65. The number of anilines is 3. The number of hydrogen-bond donors (Lipinski definition) is 2. The highest BCUT2D eigenvalue weighted by molar-refractivity contribution is 5.56. The molecule has 5 nitrogen and oxygen atoms in total. The molecule has 2 aromatic carbocycles. The van der Waals surface area contributed by atoms with Crippen LogP contribution in [0.15, 0.2) is 54.7 Å². The van der Waals surface area contributed by atoms with Gasteiger partial charge >= 0.3 is 0 Å². The summed E-state index contributed by atoms with van der Waals surface area (Å²) in [6.45, 7) is 4.89. The van der Waals surface area contributed by atoms with E-state index >= 15 is 0 Å². The van der Waals surface area contributed by atoms with Crippen LogP contribution >= 0.6 is 0 Å². The molecule has 0 spiro atoms. The zero-order valence-electron chi connectivity index (χ0n) is 14.0. The van der Waals surface area contributed by atoms with Gasteiger partial charge in [0.1, 0.15) is 0 Å². The van der Waals surface area contributed by atoms with Gasteiger partial charge in [0.15, 0.2) is 5.82 Å². The van der Waals surface area contributed by atoms with Gasteiger partial charge in [-0.3, -0.25) is 0 Å². The fourth-order valence-electron chi connectivity index (χ4n) is 2.41. The SMILES string of the molecule is CCc1ccc(Nc2cnnc(NCc3cccc(C)c3)n2)cc1. The molecule has 24 heavy (non-hydrogen) atoms. The van der Waals surface area contributed by atoms with Gasteiger partial charge in [0.25, 0.3) is 0 Å². The first-order valence-corrected chi connectivity index (χ1v) is 8.08. The van der Waals surface area contributed by atoms with Gasteiger partial charge in [-0.1, -0.05) is 48.9 Å². The molecule has 0 aliphatic rings. The molecule has 1 aromatic heterocycles. The van der Waals surface area contributed by atoms with E-state index in [9.17, 15) is 0 Å². The zero-order valence-corrected chi connectivity index (χ0v) is 14.0. The number of nitrogens with one attached hydrogen (secondary N) is 2. The van der Waals surface area contributed by atoms with E-state index in [2.05, 4.69) is 70.0 Å². The third kappa shape index (κ3) is 4.29. The third-order valence-electron chi connectivity index (χ3n) is 3.73. The highest BCUT2D eigenvalue weighted by atomic mass is 15.3. The van der Waals surface area contributed by atoms with Crippen molar-refractivity contribution in [1.82, 2.24) is 15.2 Å². The summed E-state index contributed by atoms with van der Waals surface area (Å²) in [6.07, 6.45) is 2.65. The number of aryl methyl sites for hydroxylation is 2. The molecule has 1 heterocycles. The molecule has 0 atom stereocenters. The lowest BCUT2D eigenvalue weighted by Crippen LogP contribution is -2.06. The number of aromatic nitrogens is 3. The Morgan fingerprint density at radius 3 is 2.58 bits per heavy atom. The largest absolute Gasteiger partial charge is 0.349 e. The maximum atomic E-state index is 4.45. The Labute approximate surface area is 142 Å². The summed E-state index contributed by atoms with van der Waals surface area (Å²) in [5.41, 5.74) is 4.71. The van der Waals surface area contributed by atoms with E-state index in [0.717, 1.165) is 12.1 Å². The van der Waals surface area contributed by atoms with Crippen LogP contribution in [0.2, 0.25) is 0 Å². The van der Waals surface area contributed by atoms with Gasteiger partial charge in [-0.05, 0) is 36.6 Å². The minimum Gasteiger partial charge on any atom is -0.349 e. The number of benzene rings is 2. The molecule has 0 bridgehead atoms. The van der Waals surface area contributed by atoms with Gasteiger partial charge in [0.05, 0.1) is 6.20 Å². The third-order valence-corrected chi connectivity index (χ3v) is 3.73. The first-order valence-electron chi connectivity index (χ1n) is 8.08. The quantitative estimate of drug-likeness (QED) is 0.716. The Kier molecular flexibility index (Phi) is 5.01. The maximum Gasteiger partial charge on any atom is 0.244 e. The zero-order chi connectivity index (χ0) is 16.8. The van der Waals surface area contributed by atoms with Gasteiger partial charge in [-0.15, -0.1) is 5.10 Å². The molecule has 2 N–H and O–H groups in total. The van der Waals surface area contributed by atoms with Crippen molar-refractivity contribution in [3.63, 3.8) is 0 Å². The van der Waals surface area contributed by atoms with Gasteiger partial charge in [0.2, 0.25) is 5.95 Å². The molecule has 3 aromatic rings. The normalized spacial score (nSPS) is 10.4. The van der Waals surface area contributed by atoms with Crippen molar-refractivity contribution in [2.75, 3.05) is 10.6 Å². The minimum atomic E-state index is 0.506. The second kappa shape index (κ2) is 7.55. The lowest BCUT2D eigenvalue weighted by atomic mass is 10.1. The van der Waals surface area contributed by atoms with E-state index < -0.39 is 0 Å². The highest BCUT2D eigenvalue weighted by Crippen LogP contribution is 2.16. The van der Waals surface area contributed by atoms with Crippen molar-refractivity contribution >= 4 is 17.5 Å². The van der Waals surface area contributed by atoms with Crippen molar-refractivity contribution in [3.05, 3.63) is 71.4 Å². The molecule has 3 rings (SSSR count). The number of nitrogens with zero attached hydrogens (tertiary/aromatic N) is 3. The summed E-state index contributed by atoms with van der Waals surface area (Å²) in [5, 5.41) is 14.5. The molecule has 0 saturated carbocycles. The first-order chi connectivity index (χ1) is 11.7. The molecule has 5 heteroatoms. The molecule has 0 fully saturated rings. The van der Waals surface area contributed by atoms with Gasteiger partial charge in [-0.2, -0.15) is 10.1 Å². The smallest absolute Gasteiger partial charge is 0.244 e. The molecule has 122 valence electrons. The Hall–Kier alpha value is -2.95. The van der Waals surface area contributed by atoms with Crippen molar-refractivity contribution in [1.29, 1.82) is 0 Å². The van der Waals surface area contributed by atoms with Crippen molar-refractivity contribution < 1.29 is 0 Å². The molecule has 0 unspecified atom stereocenters.